The van der Waals surface area contributed by atoms with Gasteiger partial charge in [0.1, 0.15) is 11.5 Å². The van der Waals surface area contributed by atoms with Crippen LogP contribution in [-0.2, 0) is 0 Å². The number of hydrogen-bond acceptors (Lipinski definition) is 4. The van der Waals surface area contributed by atoms with E-state index in [4.69, 9.17) is 26.8 Å². The van der Waals surface area contributed by atoms with Gasteiger partial charge in [-0.25, -0.2) is 0 Å². The maximum absolute atomic E-state index is 6.09. The summed E-state index contributed by atoms with van der Waals surface area (Å²) in [5.41, 5.74) is 6.84. The zero-order valence-corrected chi connectivity index (χ0v) is 12.2. The Morgan fingerprint density at radius 2 is 1.74 bits per heavy atom. The zero-order chi connectivity index (χ0) is 13.8. The zero-order valence-electron chi connectivity index (χ0n) is 11.4. The van der Waals surface area contributed by atoms with Crippen molar-refractivity contribution in [1.82, 2.24) is 0 Å². The van der Waals surface area contributed by atoms with Gasteiger partial charge in [-0.2, -0.15) is 0 Å². The second-order valence-corrected chi connectivity index (χ2v) is 5.35. The van der Waals surface area contributed by atoms with E-state index < -0.39 is 0 Å². The van der Waals surface area contributed by atoms with Crippen molar-refractivity contribution in [2.75, 3.05) is 19.5 Å². The summed E-state index contributed by atoms with van der Waals surface area (Å²) in [5.74, 6) is 1.39. The molecule has 2 rings (SSSR count). The van der Waals surface area contributed by atoms with Crippen molar-refractivity contribution in [2.45, 2.75) is 37.8 Å². The Morgan fingerprint density at radius 1 is 1.11 bits per heavy atom. The lowest BCUT2D eigenvalue weighted by Crippen LogP contribution is -2.32. The molecule has 4 nitrogen and oxygen atoms in total. The molecule has 1 fully saturated rings. The van der Waals surface area contributed by atoms with Gasteiger partial charge in [-0.3, -0.25) is 0 Å². The SMILES string of the molecule is COc1cc(NC2CCC(N)CC2)c(OC)cc1Cl. The predicted octanol–water partition coefficient (Wildman–Crippen LogP) is 3.04. The first-order valence-corrected chi connectivity index (χ1v) is 6.95. The van der Waals surface area contributed by atoms with Gasteiger partial charge in [-0.15, -0.1) is 0 Å². The largest absolute Gasteiger partial charge is 0.495 e. The molecule has 1 aromatic carbocycles. The molecule has 0 atom stereocenters. The van der Waals surface area contributed by atoms with Crippen LogP contribution in [0.2, 0.25) is 5.02 Å². The Morgan fingerprint density at radius 3 is 2.32 bits per heavy atom. The average molecular weight is 285 g/mol. The monoisotopic (exact) mass is 284 g/mol. The van der Waals surface area contributed by atoms with Crippen LogP contribution in [0, 0.1) is 0 Å². The lowest BCUT2D eigenvalue weighted by molar-refractivity contribution is 0.396. The number of benzene rings is 1. The summed E-state index contributed by atoms with van der Waals surface area (Å²) in [7, 11) is 3.25. The smallest absolute Gasteiger partial charge is 0.143 e. The van der Waals surface area contributed by atoms with E-state index in [0.717, 1.165) is 37.1 Å². The number of anilines is 1. The fraction of sp³-hybridized carbons (Fsp3) is 0.571. The third-order valence-electron chi connectivity index (χ3n) is 3.61. The Bertz CT molecular complexity index is 432. The summed E-state index contributed by atoms with van der Waals surface area (Å²) in [4.78, 5) is 0. The van der Waals surface area contributed by atoms with Crippen LogP contribution in [-0.4, -0.2) is 26.3 Å². The van der Waals surface area contributed by atoms with Crippen LogP contribution in [0.3, 0.4) is 0 Å². The van der Waals surface area contributed by atoms with Crippen molar-refractivity contribution in [2.24, 2.45) is 5.73 Å². The molecule has 1 aliphatic rings. The molecule has 19 heavy (non-hydrogen) atoms. The standard InChI is InChI=1S/C14H21ClN2O2/c1-18-13-8-12(14(19-2)7-11(13)15)17-10-5-3-9(16)4-6-10/h7-10,17H,3-6,16H2,1-2H3. The van der Waals surface area contributed by atoms with Crippen molar-refractivity contribution >= 4 is 17.3 Å². The molecule has 0 bridgehead atoms. The molecule has 0 aromatic heterocycles. The van der Waals surface area contributed by atoms with E-state index in [0.29, 0.717) is 22.9 Å². The number of nitrogens with one attached hydrogen (secondary N) is 1. The van der Waals surface area contributed by atoms with Crippen molar-refractivity contribution in [3.8, 4) is 11.5 Å². The van der Waals surface area contributed by atoms with Gasteiger partial charge >= 0.3 is 0 Å². The van der Waals surface area contributed by atoms with E-state index in [1.165, 1.54) is 0 Å². The van der Waals surface area contributed by atoms with Crippen LogP contribution in [0.25, 0.3) is 0 Å². The predicted molar refractivity (Wildman–Crippen MR) is 78.4 cm³/mol. The van der Waals surface area contributed by atoms with Gasteiger partial charge in [0.2, 0.25) is 0 Å². The summed E-state index contributed by atoms with van der Waals surface area (Å²) >= 11 is 6.09. The lowest BCUT2D eigenvalue weighted by atomic mass is 9.91. The molecule has 0 radical (unpaired) electrons. The molecule has 0 aliphatic heterocycles. The van der Waals surface area contributed by atoms with E-state index in [-0.39, 0.29) is 0 Å². The van der Waals surface area contributed by atoms with E-state index in [9.17, 15) is 0 Å². The molecule has 5 heteroatoms. The highest BCUT2D eigenvalue weighted by Crippen LogP contribution is 2.37. The summed E-state index contributed by atoms with van der Waals surface area (Å²) in [6, 6.07) is 4.44. The molecule has 3 N–H and O–H groups in total. The van der Waals surface area contributed by atoms with E-state index in [1.54, 1.807) is 20.3 Å². The van der Waals surface area contributed by atoms with Crippen molar-refractivity contribution in [3.05, 3.63) is 17.2 Å². The second-order valence-electron chi connectivity index (χ2n) is 4.94. The Kier molecular flexibility index (Phi) is 4.77. The minimum atomic E-state index is 0.347. The fourth-order valence-corrected chi connectivity index (χ4v) is 2.69. The second kappa shape index (κ2) is 6.35. The lowest BCUT2D eigenvalue weighted by Gasteiger charge is -2.28. The number of ether oxygens (including phenoxy) is 2. The highest BCUT2D eigenvalue weighted by Gasteiger charge is 2.20. The van der Waals surface area contributed by atoms with Gasteiger partial charge in [-0.05, 0) is 25.7 Å². The van der Waals surface area contributed by atoms with Crippen LogP contribution in [0.1, 0.15) is 25.7 Å². The maximum Gasteiger partial charge on any atom is 0.143 e. The minimum absolute atomic E-state index is 0.347. The van der Waals surface area contributed by atoms with Crippen LogP contribution in [0.15, 0.2) is 12.1 Å². The molecular weight excluding hydrogens is 264 g/mol. The molecule has 106 valence electrons. The molecule has 0 heterocycles. The number of hydrogen-bond donors (Lipinski definition) is 2. The van der Waals surface area contributed by atoms with Crippen LogP contribution >= 0.6 is 11.6 Å². The minimum Gasteiger partial charge on any atom is -0.495 e. The number of nitrogens with two attached hydrogens (primary N) is 1. The molecule has 1 saturated carbocycles. The Labute approximate surface area is 119 Å². The van der Waals surface area contributed by atoms with Gasteiger partial charge in [0.15, 0.2) is 0 Å². The summed E-state index contributed by atoms with van der Waals surface area (Å²) in [6.45, 7) is 0. The van der Waals surface area contributed by atoms with Crippen LogP contribution in [0.4, 0.5) is 5.69 Å². The first-order valence-electron chi connectivity index (χ1n) is 6.57. The summed E-state index contributed by atoms with van der Waals surface area (Å²) < 4.78 is 10.6. The Hall–Kier alpha value is -1.13. The third-order valence-corrected chi connectivity index (χ3v) is 3.90. The first-order chi connectivity index (χ1) is 9.13. The van der Waals surface area contributed by atoms with Gasteiger partial charge in [0, 0.05) is 24.2 Å². The number of halogens is 1. The molecule has 0 amide bonds. The topological polar surface area (TPSA) is 56.5 Å². The average Bonchev–Trinajstić information content (AvgIpc) is 2.42. The van der Waals surface area contributed by atoms with Gasteiger partial charge < -0.3 is 20.5 Å². The molecule has 0 saturated heterocycles. The normalized spacial score (nSPS) is 22.9. The quantitative estimate of drug-likeness (QED) is 0.892. The molecule has 1 aromatic rings. The van der Waals surface area contributed by atoms with E-state index in [2.05, 4.69) is 5.32 Å². The fourth-order valence-electron chi connectivity index (χ4n) is 2.46. The number of rotatable bonds is 4. The van der Waals surface area contributed by atoms with Crippen molar-refractivity contribution in [3.63, 3.8) is 0 Å². The molecule has 1 aliphatic carbocycles. The first kappa shape index (κ1) is 14.3. The summed E-state index contributed by atoms with van der Waals surface area (Å²) in [6.07, 6.45) is 4.28. The number of methoxy groups -OCH3 is 2. The van der Waals surface area contributed by atoms with E-state index >= 15 is 0 Å². The highest BCUT2D eigenvalue weighted by atomic mass is 35.5. The van der Waals surface area contributed by atoms with E-state index in [1.807, 2.05) is 6.07 Å². The molecular formula is C14H21ClN2O2. The summed E-state index contributed by atoms with van der Waals surface area (Å²) in [5, 5.41) is 4.06. The van der Waals surface area contributed by atoms with Gasteiger partial charge in [0.05, 0.1) is 24.9 Å². The van der Waals surface area contributed by atoms with Crippen molar-refractivity contribution < 1.29 is 9.47 Å². The van der Waals surface area contributed by atoms with Gasteiger partial charge in [0.25, 0.3) is 0 Å². The molecule has 0 unspecified atom stereocenters. The van der Waals surface area contributed by atoms with Crippen LogP contribution < -0.4 is 20.5 Å². The maximum atomic E-state index is 6.09. The van der Waals surface area contributed by atoms with Crippen molar-refractivity contribution in [1.29, 1.82) is 0 Å². The van der Waals surface area contributed by atoms with Crippen LogP contribution in [0.5, 0.6) is 11.5 Å². The highest BCUT2D eigenvalue weighted by molar-refractivity contribution is 6.32. The Balaban J connectivity index is 2.14. The molecule has 0 spiro atoms. The third kappa shape index (κ3) is 3.45. The van der Waals surface area contributed by atoms with Gasteiger partial charge in [-0.1, -0.05) is 11.6 Å².